The molecule has 1 saturated heterocycles. The summed E-state index contributed by atoms with van der Waals surface area (Å²) in [7, 11) is 0. The number of hydrogen-bond donors (Lipinski definition) is 0. The minimum absolute atomic E-state index is 0.0326. The van der Waals surface area contributed by atoms with Crippen molar-refractivity contribution in [3.8, 4) is 5.75 Å². The molecule has 0 aromatic heterocycles. The number of fused-ring (bicyclic) bond motifs is 1. The van der Waals surface area contributed by atoms with Crippen molar-refractivity contribution in [3.63, 3.8) is 0 Å². The molecule has 11 heteroatoms. The number of ether oxygens (including phenoxy) is 1. The van der Waals surface area contributed by atoms with E-state index in [0.717, 1.165) is 21.7 Å². The van der Waals surface area contributed by atoms with Crippen LogP contribution in [0.25, 0.3) is 0 Å². The number of carbonyl (C=O) groups excluding carboxylic acids is 4. The van der Waals surface area contributed by atoms with Gasteiger partial charge >= 0.3 is 5.97 Å². The Morgan fingerprint density at radius 2 is 1.36 bits per heavy atom. The minimum atomic E-state index is -0.704. The summed E-state index contributed by atoms with van der Waals surface area (Å²) in [4.78, 5) is 54.5. The summed E-state index contributed by atoms with van der Waals surface area (Å²) in [6.45, 7) is 5.76. The lowest BCUT2D eigenvalue weighted by Gasteiger charge is -2.19. The number of aryl methyl sites for hydroxylation is 3. The highest BCUT2D eigenvalue weighted by molar-refractivity contribution is 6.56. The quantitative estimate of drug-likeness (QED) is 0.105. The van der Waals surface area contributed by atoms with Crippen LogP contribution in [-0.2, 0) is 9.59 Å². The van der Waals surface area contributed by atoms with Gasteiger partial charge in [0.15, 0.2) is 0 Å². The maximum absolute atomic E-state index is 13.2. The lowest BCUT2D eigenvalue weighted by atomic mass is 10.1. The fourth-order valence-corrected chi connectivity index (χ4v) is 5.93. The third-order valence-electron chi connectivity index (χ3n) is 6.83. The molecule has 39 heavy (non-hydrogen) atoms. The predicted molar refractivity (Wildman–Crippen MR) is 151 cm³/mol. The van der Waals surface area contributed by atoms with Crippen molar-refractivity contribution in [1.82, 2.24) is 0 Å². The number of imide groups is 1. The molecule has 0 radical (unpaired) electrons. The van der Waals surface area contributed by atoms with E-state index in [2.05, 4.69) is 0 Å². The molecule has 2 heterocycles. The molecular weight excluding hydrogens is 586 g/mol. The molecule has 1 unspecified atom stereocenters. The van der Waals surface area contributed by atoms with Crippen molar-refractivity contribution in [3.05, 3.63) is 84.3 Å². The van der Waals surface area contributed by atoms with Crippen LogP contribution in [0, 0.1) is 26.7 Å². The van der Waals surface area contributed by atoms with Gasteiger partial charge in [-0.05, 0) is 56.2 Å². The van der Waals surface area contributed by atoms with Crippen molar-refractivity contribution >= 4 is 81.5 Å². The molecule has 2 aliphatic heterocycles. The van der Waals surface area contributed by atoms with Gasteiger partial charge in [0.2, 0.25) is 5.91 Å². The normalized spacial score (nSPS) is 16.8. The zero-order chi connectivity index (χ0) is 28.3. The van der Waals surface area contributed by atoms with E-state index in [4.69, 9.17) is 51.1 Å². The molecule has 0 N–H and O–H groups in total. The molecule has 3 aromatic rings. The third kappa shape index (κ3) is 4.57. The van der Waals surface area contributed by atoms with Gasteiger partial charge in [-0.3, -0.25) is 19.2 Å². The van der Waals surface area contributed by atoms with Crippen molar-refractivity contribution in [2.75, 3.05) is 16.3 Å². The summed E-state index contributed by atoms with van der Waals surface area (Å²) in [5.41, 5.74) is 3.26. The van der Waals surface area contributed by atoms with E-state index in [9.17, 15) is 19.2 Å². The van der Waals surface area contributed by atoms with Gasteiger partial charge in [0, 0.05) is 18.7 Å². The lowest BCUT2D eigenvalue weighted by Crippen LogP contribution is -2.30. The number of rotatable bonds is 4. The van der Waals surface area contributed by atoms with Crippen LogP contribution in [0.15, 0.2) is 36.4 Å². The van der Waals surface area contributed by atoms with Gasteiger partial charge in [-0.25, -0.2) is 4.90 Å². The lowest BCUT2D eigenvalue weighted by molar-refractivity contribution is -0.139. The maximum atomic E-state index is 13.2. The number of amides is 3. The highest BCUT2D eigenvalue weighted by Gasteiger charge is 2.43. The van der Waals surface area contributed by atoms with Crippen LogP contribution in [0.3, 0.4) is 0 Å². The summed E-state index contributed by atoms with van der Waals surface area (Å²) in [6.07, 6.45) is 0.0326. The molecule has 0 aliphatic carbocycles. The smallest absolute Gasteiger partial charge is 0.316 e. The third-order valence-corrected chi connectivity index (χ3v) is 8.63. The molecule has 5 rings (SSSR count). The number of hydrogen-bond acceptors (Lipinski definition) is 5. The van der Waals surface area contributed by atoms with Gasteiger partial charge in [-0.15, -0.1) is 0 Å². The fourth-order valence-electron chi connectivity index (χ4n) is 4.92. The Hall–Kier alpha value is -3.10. The topological polar surface area (TPSA) is 84.0 Å². The van der Waals surface area contributed by atoms with Crippen LogP contribution in [-0.4, -0.2) is 30.2 Å². The van der Waals surface area contributed by atoms with E-state index in [0.29, 0.717) is 5.56 Å². The summed E-state index contributed by atoms with van der Waals surface area (Å²) in [5.74, 6) is -2.55. The molecule has 0 bridgehead atoms. The largest absolute Gasteiger partial charge is 0.426 e. The van der Waals surface area contributed by atoms with E-state index in [-0.39, 0.29) is 61.5 Å². The molecule has 3 amide bonds. The Balaban J connectivity index is 1.35. The highest BCUT2D eigenvalue weighted by Crippen LogP contribution is 2.46. The molecule has 0 spiro atoms. The summed E-state index contributed by atoms with van der Waals surface area (Å²) in [6, 6.07) is 10.2. The molecular formula is C28H20Cl4N2O5. The number of carbonyl (C=O) groups is 4. The second-order valence-corrected chi connectivity index (χ2v) is 11.0. The molecule has 2 aliphatic rings. The van der Waals surface area contributed by atoms with Crippen LogP contribution < -0.4 is 14.5 Å². The number of benzene rings is 3. The SMILES string of the molecule is Cc1ccc(N2CC(C(=O)Oc3ccc(N4C(=O)c5c(Cl)c(Cl)c(Cl)c(Cl)c5C4=O)c(C)c3)CC2=O)c(C)c1. The van der Waals surface area contributed by atoms with Crippen molar-refractivity contribution in [2.45, 2.75) is 27.2 Å². The first-order valence-corrected chi connectivity index (χ1v) is 13.4. The average molecular weight is 606 g/mol. The molecule has 3 aromatic carbocycles. The van der Waals surface area contributed by atoms with Crippen molar-refractivity contribution in [1.29, 1.82) is 0 Å². The number of nitrogens with zero attached hydrogens (tertiary/aromatic N) is 2. The zero-order valence-corrected chi connectivity index (χ0v) is 23.9. The Morgan fingerprint density at radius 3 is 1.92 bits per heavy atom. The van der Waals surface area contributed by atoms with Gasteiger partial charge in [-0.2, -0.15) is 0 Å². The van der Waals surface area contributed by atoms with Gasteiger partial charge < -0.3 is 9.64 Å². The Kier molecular flexibility index (Phi) is 7.14. The number of esters is 1. The van der Waals surface area contributed by atoms with Gasteiger partial charge in [0.05, 0.1) is 42.8 Å². The van der Waals surface area contributed by atoms with Crippen molar-refractivity contribution in [2.24, 2.45) is 5.92 Å². The van der Waals surface area contributed by atoms with Gasteiger partial charge in [0.25, 0.3) is 11.8 Å². The number of anilines is 2. The van der Waals surface area contributed by atoms with E-state index in [1.807, 2.05) is 32.0 Å². The zero-order valence-electron chi connectivity index (χ0n) is 20.9. The van der Waals surface area contributed by atoms with Crippen LogP contribution in [0.4, 0.5) is 11.4 Å². The standard InChI is InChI=1S/C28H20Cl4N2O5/c1-12-4-6-17(13(2)8-12)33-11-15(10-19(33)35)28(38)39-16-5-7-18(14(3)9-16)34-26(36)20-21(27(34)37)23(30)25(32)24(31)22(20)29/h4-9,15H,10-11H2,1-3H3. The Bertz CT molecular complexity index is 1570. The predicted octanol–water partition coefficient (Wildman–Crippen LogP) is 6.98. The molecule has 0 saturated carbocycles. The first kappa shape index (κ1) is 27.5. The molecule has 1 atom stereocenters. The molecule has 7 nitrogen and oxygen atoms in total. The summed E-state index contributed by atoms with van der Waals surface area (Å²) >= 11 is 24.6. The monoisotopic (exact) mass is 604 g/mol. The highest BCUT2D eigenvalue weighted by atomic mass is 35.5. The second kappa shape index (κ2) is 10.1. The van der Waals surface area contributed by atoms with Crippen LogP contribution >= 0.6 is 46.4 Å². The van der Waals surface area contributed by atoms with Crippen molar-refractivity contribution < 1.29 is 23.9 Å². The summed E-state index contributed by atoms with van der Waals surface area (Å²) < 4.78 is 5.58. The van der Waals surface area contributed by atoms with E-state index in [1.165, 1.54) is 18.2 Å². The maximum Gasteiger partial charge on any atom is 0.316 e. The van der Waals surface area contributed by atoms with E-state index >= 15 is 0 Å². The fraction of sp³-hybridized carbons (Fsp3) is 0.214. The van der Waals surface area contributed by atoms with Gasteiger partial charge in [0.1, 0.15) is 5.75 Å². The second-order valence-electron chi connectivity index (χ2n) is 9.52. The Morgan fingerprint density at radius 1 is 0.795 bits per heavy atom. The van der Waals surface area contributed by atoms with Crippen LogP contribution in [0.1, 0.15) is 43.8 Å². The van der Waals surface area contributed by atoms with Crippen LogP contribution in [0.5, 0.6) is 5.75 Å². The summed E-state index contributed by atoms with van der Waals surface area (Å²) in [5, 5.41) is -0.562. The van der Waals surface area contributed by atoms with E-state index < -0.39 is 23.7 Å². The Labute approximate surface area is 244 Å². The molecule has 200 valence electrons. The van der Waals surface area contributed by atoms with Crippen LogP contribution in [0.2, 0.25) is 20.1 Å². The first-order valence-electron chi connectivity index (χ1n) is 11.8. The van der Waals surface area contributed by atoms with Gasteiger partial charge in [-0.1, -0.05) is 64.1 Å². The minimum Gasteiger partial charge on any atom is -0.426 e. The number of halogens is 4. The molecule has 1 fully saturated rings. The first-order chi connectivity index (χ1) is 18.4. The average Bonchev–Trinajstić information content (AvgIpc) is 3.38. The van der Waals surface area contributed by atoms with E-state index in [1.54, 1.807) is 11.8 Å².